The van der Waals surface area contributed by atoms with Crippen molar-refractivity contribution >= 4 is 29.0 Å². The number of nitriles is 1. The maximum absolute atomic E-state index is 12.6. The van der Waals surface area contributed by atoms with Crippen LogP contribution in [0.5, 0.6) is 0 Å². The second kappa shape index (κ2) is 8.78. The number of likely N-dealkylation sites (tertiary alicyclic amines) is 1. The van der Waals surface area contributed by atoms with Gasteiger partial charge >= 0.3 is 5.97 Å². The zero-order valence-corrected chi connectivity index (χ0v) is 16.7. The molecule has 0 saturated carbocycles. The predicted molar refractivity (Wildman–Crippen MR) is 107 cm³/mol. The third-order valence-electron chi connectivity index (χ3n) is 5.21. The topological polar surface area (TPSA) is 94.0 Å². The first-order chi connectivity index (χ1) is 13.9. The van der Waals surface area contributed by atoms with E-state index in [-0.39, 0.29) is 18.0 Å². The highest BCUT2D eigenvalue weighted by atomic mass is 16.5. The molecule has 2 heterocycles. The lowest BCUT2D eigenvalue weighted by molar-refractivity contribution is -0.151. The SMILES string of the molecule is CN1C(=C(C#N)C(=O)COC(=O)CN2CCCCCC2=O)N(C)c2ccccc21. The van der Waals surface area contributed by atoms with Crippen molar-refractivity contribution in [2.24, 2.45) is 0 Å². The summed E-state index contributed by atoms with van der Waals surface area (Å²) in [4.78, 5) is 41.7. The van der Waals surface area contributed by atoms with E-state index in [1.165, 1.54) is 4.90 Å². The number of ether oxygens (including phenoxy) is 1. The van der Waals surface area contributed by atoms with Gasteiger partial charge < -0.3 is 19.4 Å². The first-order valence-electron chi connectivity index (χ1n) is 9.61. The van der Waals surface area contributed by atoms with E-state index in [2.05, 4.69) is 0 Å². The number of nitrogens with zero attached hydrogens (tertiary/aromatic N) is 4. The molecule has 152 valence electrons. The summed E-state index contributed by atoms with van der Waals surface area (Å²) in [6, 6.07) is 9.51. The lowest BCUT2D eigenvalue weighted by Gasteiger charge is -2.20. The van der Waals surface area contributed by atoms with Crippen molar-refractivity contribution in [3.8, 4) is 6.07 Å². The minimum Gasteiger partial charge on any atom is -0.456 e. The molecule has 1 amide bonds. The van der Waals surface area contributed by atoms with Gasteiger partial charge in [-0.25, -0.2) is 0 Å². The summed E-state index contributed by atoms with van der Waals surface area (Å²) in [7, 11) is 3.55. The average molecular weight is 396 g/mol. The first kappa shape index (κ1) is 20.4. The summed E-state index contributed by atoms with van der Waals surface area (Å²) >= 11 is 0. The quantitative estimate of drug-likeness (QED) is 0.426. The molecular weight excluding hydrogens is 372 g/mol. The molecular formula is C21H24N4O4. The summed E-state index contributed by atoms with van der Waals surface area (Å²) in [5.41, 5.74) is 1.68. The minimum atomic E-state index is -0.646. The zero-order chi connectivity index (χ0) is 21.0. The highest BCUT2D eigenvalue weighted by Gasteiger charge is 2.31. The van der Waals surface area contributed by atoms with E-state index in [4.69, 9.17) is 4.74 Å². The van der Waals surface area contributed by atoms with Gasteiger partial charge in [0, 0.05) is 27.1 Å². The fraction of sp³-hybridized carbons (Fsp3) is 0.429. The Morgan fingerprint density at radius 3 is 2.38 bits per heavy atom. The van der Waals surface area contributed by atoms with Crippen LogP contribution in [0, 0.1) is 11.3 Å². The van der Waals surface area contributed by atoms with Crippen molar-refractivity contribution in [1.29, 1.82) is 5.26 Å². The van der Waals surface area contributed by atoms with Crippen LogP contribution < -0.4 is 9.80 Å². The molecule has 1 aromatic rings. The Hall–Kier alpha value is -3.34. The number of amides is 1. The van der Waals surface area contributed by atoms with Crippen LogP contribution in [-0.4, -0.2) is 56.4 Å². The van der Waals surface area contributed by atoms with Gasteiger partial charge in [0.1, 0.15) is 24.0 Å². The van der Waals surface area contributed by atoms with Gasteiger partial charge in [0.2, 0.25) is 11.7 Å². The summed E-state index contributed by atoms with van der Waals surface area (Å²) in [5.74, 6) is -0.855. The number of para-hydroxylation sites is 2. The van der Waals surface area contributed by atoms with Crippen LogP contribution >= 0.6 is 0 Å². The molecule has 0 aliphatic carbocycles. The van der Waals surface area contributed by atoms with Crippen LogP contribution in [0.2, 0.25) is 0 Å². The molecule has 29 heavy (non-hydrogen) atoms. The number of benzene rings is 1. The molecule has 1 aromatic carbocycles. The number of hydrogen-bond donors (Lipinski definition) is 0. The third-order valence-corrected chi connectivity index (χ3v) is 5.21. The maximum Gasteiger partial charge on any atom is 0.326 e. The van der Waals surface area contributed by atoms with Crippen molar-refractivity contribution in [2.45, 2.75) is 25.7 Å². The molecule has 1 saturated heterocycles. The Bertz CT molecular complexity index is 871. The third kappa shape index (κ3) is 4.24. The van der Waals surface area contributed by atoms with E-state index in [0.717, 1.165) is 30.6 Å². The number of hydrogen-bond acceptors (Lipinski definition) is 7. The summed E-state index contributed by atoms with van der Waals surface area (Å²) in [6.45, 7) is -0.190. The van der Waals surface area contributed by atoms with Crippen molar-refractivity contribution in [2.75, 3.05) is 43.6 Å². The molecule has 0 radical (unpaired) electrons. The molecule has 8 nitrogen and oxygen atoms in total. The maximum atomic E-state index is 12.6. The summed E-state index contributed by atoms with van der Waals surface area (Å²) < 4.78 is 5.08. The van der Waals surface area contributed by atoms with Crippen LogP contribution in [-0.2, 0) is 19.1 Å². The van der Waals surface area contributed by atoms with Crippen LogP contribution in [0.1, 0.15) is 25.7 Å². The molecule has 1 fully saturated rings. The van der Waals surface area contributed by atoms with Gasteiger partial charge in [-0.05, 0) is 25.0 Å². The largest absolute Gasteiger partial charge is 0.456 e. The van der Waals surface area contributed by atoms with Crippen LogP contribution in [0.25, 0.3) is 0 Å². The van der Waals surface area contributed by atoms with E-state index >= 15 is 0 Å². The molecule has 0 atom stereocenters. The van der Waals surface area contributed by atoms with Crippen molar-refractivity contribution in [3.63, 3.8) is 0 Å². The monoisotopic (exact) mass is 396 g/mol. The van der Waals surface area contributed by atoms with Crippen LogP contribution in [0.3, 0.4) is 0 Å². The Morgan fingerprint density at radius 1 is 1.10 bits per heavy atom. The van der Waals surface area contributed by atoms with E-state index in [1.807, 2.05) is 30.3 Å². The second-order valence-electron chi connectivity index (χ2n) is 7.13. The number of ketones is 1. The van der Waals surface area contributed by atoms with Gasteiger partial charge in [0.05, 0.1) is 11.4 Å². The highest BCUT2D eigenvalue weighted by Crippen LogP contribution is 2.40. The normalized spacial score (nSPS) is 16.2. The van der Waals surface area contributed by atoms with Crippen molar-refractivity contribution in [3.05, 3.63) is 35.7 Å². The lowest BCUT2D eigenvalue weighted by Crippen LogP contribution is -2.36. The lowest BCUT2D eigenvalue weighted by atomic mass is 10.2. The van der Waals surface area contributed by atoms with Crippen molar-refractivity contribution < 1.29 is 19.1 Å². The predicted octanol–water partition coefficient (Wildman–Crippen LogP) is 1.82. The number of esters is 1. The Kier molecular flexibility index (Phi) is 6.17. The second-order valence-corrected chi connectivity index (χ2v) is 7.13. The van der Waals surface area contributed by atoms with Crippen molar-refractivity contribution in [1.82, 2.24) is 4.90 Å². The van der Waals surface area contributed by atoms with E-state index < -0.39 is 18.4 Å². The van der Waals surface area contributed by atoms with E-state index in [1.54, 1.807) is 23.9 Å². The van der Waals surface area contributed by atoms with Crippen LogP contribution in [0.4, 0.5) is 11.4 Å². The summed E-state index contributed by atoms with van der Waals surface area (Å²) in [5, 5.41) is 9.59. The Morgan fingerprint density at radius 2 is 1.76 bits per heavy atom. The van der Waals surface area contributed by atoms with Gasteiger partial charge in [-0.2, -0.15) is 5.26 Å². The van der Waals surface area contributed by atoms with Gasteiger partial charge in [0.15, 0.2) is 6.61 Å². The molecule has 0 aromatic heterocycles. The zero-order valence-electron chi connectivity index (χ0n) is 16.7. The molecule has 2 aliphatic rings. The fourth-order valence-corrected chi connectivity index (χ4v) is 3.68. The molecule has 0 N–H and O–H groups in total. The van der Waals surface area contributed by atoms with Gasteiger partial charge in [0.25, 0.3) is 0 Å². The molecule has 0 unspecified atom stereocenters. The number of carbonyl (C=O) groups excluding carboxylic acids is 3. The van der Waals surface area contributed by atoms with Crippen LogP contribution in [0.15, 0.2) is 35.7 Å². The molecule has 8 heteroatoms. The van der Waals surface area contributed by atoms with E-state index in [0.29, 0.717) is 18.8 Å². The fourth-order valence-electron chi connectivity index (χ4n) is 3.68. The first-order valence-corrected chi connectivity index (χ1v) is 9.61. The number of Topliss-reactive ketones (excluding diaryl/α,β-unsaturated/α-hetero) is 1. The van der Waals surface area contributed by atoms with Gasteiger partial charge in [-0.15, -0.1) is 0 Å². The standard InChI is InChI=1S/C21H24N4O4/c1-23-16-8-5-6-9-17(16)24(2)21(23)15(12-22)18(26)14-29-20(28)13-25-11-7-3-4-10-19(25)27/h5-6,8-9H,3-4,7,10-11,13-14H2,1-2H3. The molecule has 0 spiro atoms. The van der Waals surface area contributed by atoms with E-state index in [9.17, 15) is 19.6 Å². The highest BCUT2D eigenvalue weighted by molar-refractivity contribution is 6.04. The number of anilines is 2. The Balaban J connectivity index is 1.66. The number of rotatable bonds is 5. The average Bonchev–Trinajstić information content (AvgIpc) is 2.84. The smallest absolute Gasteiger partial charge is 0.326 e. The summed E-state index contributed by atoms with van der Waals surface area (Å²) in [6.07, 6.45) is 3.06. The minimum absolute atomic E-state index is 0.0717. The number of carbonyl (C=O) groups is 3. The molecule has 0 bridgehead atoms. The van der Waals surface area contributed by atoms with Gasteiger partial charge in [-0.3, -0.25) is 14.4 Å². The Labute approximate surface area is 169 Å². The molecule has 3 rings (SSSR count). The van der Waals surface area contributed by atoms with Gasteiger partial charge in [-0.1, -0.05) is 18.6 Å². The number of fused-ring (bicyclic) bond motifs is 1. The molecule has 2 aliphatic heterocycles.